The molecule has 0 aromatic carbocycles. The van der Waals surface area contributed by atoms with Crippen LogP contribution in [0.2, 0.25) is 0 Å². The fourth-order valence-electron chi connectivity index (χ4n) is 0.985. The average Bonchev–Trinajstić information content (AvgIpc) is 2.57. The molecule has 0 aliphatic carbocycles. The van der Waals surface area contributed by atoms with Crippen molar-refractivity contribution in [2.45, 2.75) is 25.7 Å². The van der Waals surface area contributed by atoms with Crippen LogP contribution in [0.1, 0.15) is 25.7 Å². The first-order chi connectivity index (χ1) is 5.39. The van der Waals surface area contributed by atoms with Gasteiger partial charge in [0.2, 0.25) is 0 Å². The maximum Gasteiger partial charge on any atom is 0.305 e. The van der Waals surface area contributed by atoms with Gasteiger partial charge in [-0.3, -0.25) is 4.79 Å². The molecule has 11 heavy (non-hydrogen) atoms. The van der Waals surface area contributed by atoms with Crippen molar-refractivity contribution in [1.82, 2.24) is 0 Å². The van der Waals surface area contributed by atoms with E-state index in [2.05, 4.69) is 4.74 Å². The Kier molecular flexibility index (Phi) is 3.98. The van der Waals surface area contributed by atoms with Crippen LogP contribution >= 0.6 is 0 Å². The van der Waals surface area contributed by atoms with E-state index in [-0.39, 0.29) is 5.97 Å². The molecule has 2 aliphatic heterocycles. The van der Waals surface area contributed by atoms with Crippen molar-refractivity contribution in [3.05, 3.63) is 0 Å². The molecular weight excluding hydrogens is 144 g/mol. The number of carbonyl (C=O) groups excluding carboxylic acids is 1. The zero-order chi connectivity index (χ0) is 7.94. The lowest BCUT2D eigenvalue weighted by atomic mass is 10.4. The van der Waals surface area contributed by atoms with Crippen molar-refractivity contribution in [3.63, 3.8) is 0 Å². The molecule has 2 aliphatic rings. The number of carbonyl (C=O) groups is 1. The maximum absolute atomic E-state index is 10.0. The van der Waals surface area contributed by atoms with E-state index in [4.69, 9.17) is 4.74 Å². The molecule has 0 radical (unpaired) electrons. The van der Waals surface area contributed by atoms with Gasteiger partial charge in [0.1, 0.15) is 0 Å². The van der Waals surface area contributed by atoms with E-state index in [1.807, 2.05) is 0 Å². The number of ether oxygens (including phenoxy) is 2. The largest absolute Gasteiger partial charge is 0.466 e. The molecule has 64 valence electrons. The van der Waals surface area contributed by atoms with Gasteiger partial charge in [0.05, 0.1) is 6.61 Å². The number of rotatable bonds is 0. The van der Waals surface area contributed by atoms with Gasteiger partial charge in [-0.25, -0.2) is 0 Å². The van der Waals surface area contributed by atoms with Gasteiger partial charge in [-0.2, -0.15) is 0 Å². The Hall–Kier alpha value is -0.570. The van der Waals surface area contributed by atoms with Crippen LogP contribution in [-0.4, -0.2) is 25.8 Å². The van der Waals surface area contributed by atoms with E-state index in [1.54, 1.807) is 0 Å². The molecule has 0 bridgehead atoms. The lowest BCUT2D eigenvalue weighted by Gasteiger charge is -1.81. The first-order valence-electron chi connectivity index (χ1n) is 4.13. The first kappa shape index (κ1) is 8.53. The van der Waals surface area contributed by atoms with Gasteiger partial charge in [0, 0.05) is 19.6 Å². The maximum atomic E-state index is 10.0. The second kappa shape index (κ2) is 5.13. The van der Waals surface area contributed by atoms with E-state index >= 15 is 0 Å². The van der Waals surface area contributed by atoms with Crippen molar-refractivity contribution in [2.24, 2.45) is 0 Å². The van der Waals surface area contributed by atoms with E-state index in [9.17, 15) is 4.79 Å². The topological polar surface area (TPSA) is 35.5 Å². The number of hydrogen-bond donors (Lipinski definition) is 0. The lowest BCUT2D eigenvalue weighted by Crippen LogP contribution is -1.88. The van der Waals surface area contributed by atoms with Crippen molar-refractivity contribution < 1.29 is 14.3 Å². The fraction of sp³-hybridized carbons (Fsp3) is 0.875. The van der Waals surface area contributed by atoms with Crippen LogP contribution in [-0.2, 0) is 14.3 Å². The van der Waals surface area contributed by atoms with E-state index in [1.165, 1.54) is 12.8 Å². The van der Waals surface area contributed by atoms with Crippen LogP contribution < -0.4 is 0 Å². The molecule has 0 spiro atoms. The molecule has 0 saturated carbocycles. The van der Waals surface area contributed by atoms with Crippen molar-refractivity contribution in [2.75, 3.05) is 19.8 Å². The molecule has 0 unspecified atom stereocenters. The van der Waals surface area contributed by atoms with Gasteiger partial charge < -0.3 is 9.47 Å². The second-order valence-corrected chi connectivity index (χ2v) is 2.64. The zero-order valence-corrected chi connectivity index (χ0v) is 6.67. The zero-order valence-electron chi connectivity index (χ0n) is 6.67. The lowest BCUT2D eigenvalue weighted by molar-refractivity contribution is -0.137. The quantitative estimate of drug-likeness (QED) is 0.495. The van der Waals surface area contributed by atoms with Crippen LogP contribution in [0.15, 0.2) is 0 Å². The van der Waals surface area contributed by atoms with Gasteiger partial charge in [-0.1, -0.05) is 0 Å². The molecule has 0 amide bonds. The Morgan fingerprint density at radius 2 is 1.73 bits per heavy atom. The third kappa shape index (κ3) is 3.98. The summed E-state index contributed by atoms with van der Waals surface area (Å²) in [5.74, 6) is -0.0463. The third-order valence-electron chi connectivity index (χ3n) is 1.62. The Balaban J connectivity index is 0.000000112. The summed E-state index contributed by atoms with van der Waals surface area (Å²) >= 11 is 0. The fourth-order valence-corrected chi connectivity index (χ4v) is 0.985. The Morgan fingerprint density at radius 1 is 1.00 bits per heavy atom. The van der Waals surface area contributed by atoms with Crippen molar-refractivity contribution >= 4 is 5.97 Å². The molecule has 0 aromatic rings. The normalized spacial score (nSPS) is 22.4. The van der Waals surface area contributed by atoms with E-state index in [0.717, 1.165) is 19.6 Å². The summed E-state index contributed by atoms with van der Waals surface area (Å²) in [4.78, 5) is 10.0. The summed E-state index contributed by atoms with van der Waals surface area (Å²) in [5, 5.41) is 0. The molecule has 2 rings (SSSR count). The third-order valence-corrected chi connectivity index (χ3v) is 1.62. The Morgan fingerprint density at radius 3 is 1.91 bits per heavy atom. The number of hydrogen-bond acceptors (Lipinski definition) is 3. The Bertz CT molecular complexity index is 103. The summed E-state index contributed by atoms with van der Waals surface area (Å²) in [6.45, 7) is 2.64. The highest BCUT2D eigenvalue weighted by atomic mass is 16.5. The minimum absolute atomic E-state index is 0.0463. The highest BCUT2D eigenvalue weighted by Crippen LogP contribution is 2.01. The molecular formula is C8H14O3. The highest BCUT2D eigenvalue weighted by Gasteiger charge is 2.08. The molecule has 2 heterocycles. The van der Waals surface area contributed by atoms with Crippen LogP contribution in [0, 0.1) is 0 Å². The van der Waals surface area contributed by atoms with Gasteiger partial charge in [-0.05, 0) is 19.3 Å². The molecule has 0 N–H and O–H groups in total. The molecule has 3 heteroatoms. The summed E-state index contributed by atoms with van der Waals surface area (Å²) < 4.78 is 9.46. The van der Waals surface area contributed by atoms with Gasteiger partial charge >= 0.3 is 5.97 Å². The van der Waals surface area contributed by atoms with Crippen LogP contribution in [0.3, 0.4) is 0 Å². The summed E-state index contributed by atoms with van der Waals surface area (Å²) in [6, 6.07) is 0. The van der Waals surface area contributed by atoms with Crippen LogP contribution in [0.25, 0.3) is 0 Å². The predicted octanol–water partition coefficient (Wildman–Crippen LogP) is 1.12. The molecule has 2 fully saturated rings. The van der Waals surface area contributed by atoms with Crippen LogP contribution in [0.4, 0.5) is 0 Å². The number of esters is 1. The van der Waals surface area contributed by atoms with Crippen LogP contribution in [0.5, 0.6) is 0 Å². The van der Waals surface area contributed by atoms with Crippen molar-refractivity contribution in [1.29, 1.82) is 0 Å². The second-order valence-electron chi connectivity index (χ2n) is 2.64. The van der Waals surface area contributed by atoms with Gasteiger partial charge in [0.15, 0.2) is 0 Å². The predicted molar refractivity (Wildman–Crippen MR) is 40.2 cm³/mol. The average molecular weight is 158 g/mol. The summed E-state index contributed by atoms with van der Waals surface area (Å²) in [5.41, 5.74) is 0. The Labute approximate surface area is 66.7 Å². The smallest absolute Gasteiger partial charge is 0.305 e. The summed E-state index contributed by atoms with van der Waals surface area (Å²) in [6.07, 6.45) is 4.10. The molecule has 0 aromatic heterocycles. The first-order valence-corrected chi connectivity index (χ1v) is 4.13. The number of cyclic esters (lactones) is 1. The van der Waals surface area contributed by atoms with E-state index < -0.39 is 0 Å². The minimum Gasteiger partial charge on any atom is -0.466 e. The monoisotopic (exact) mass is 158 g/mol. The summed E-state index contributed by atoms with van der Waals surface area (Å²) in [7, 11) is 0. The molecule has 3 nitrogen and oxygen atoms in total. The van der Waals surface area contributed by atoms with Gasteiger partial charge in [0.25, 0.3) is 0 Å². The van der Waals surface area contributed by atoms with Gasteiger partial charge in [-0.15, -0.1) is 0 Å². The van der Waals surface area contributed by atoms with E-state index in [0.29, 0.717) is 13.0 Å². The standard InChI is InChI=1S/C4H6O2.C4H8O/c5-4-2-1-3-6-4;1-2-4-5-3-1/h1-3H2;1-4H2. The molecule has 0 atom stereocenters. The SMILES string of the molecule is C1CCOC1.O=C1CCCO1. The highest BCUT2D eigenvalue weighted by molar-refractivity contribution is 5.70. The van der Waals surface area contributed by atoms with Crippen molar-refractivity contribution in [3.8, 4) is 0 Å². The molecule has 2 saturated heterocycles. The minimum atomic E-state index is -0.0463.